The van der Waals surface area contributed by atoms with Crippen molar-refractivity contribution in [2.24, 2.45) is 0 Å². The molecule has 0 spiro atoms. The Morgan fingerprint density at radius 2 is 2.26 bits per heavy atom. The number of nitrogens with one attached hydrogen (secondary N) is 1. The van der Waals surface area contributed by atoms with Gasteiger partial charge in [0.25, 0.3) is 0 Å². The minimum atomic E-state index is 0.215. The fourth-order valence-corrected chi connectivity index (χ4v) is 2.31. The summed E-state index contributed by atoms with van der Waals surface area (Å²) in [5.41, 5.74) is 1.07. The first-order valence-corrected chi connectivity index (χ1v) is 7.00. The maximum Gasteiger partial charge on any atom is 0.0834 e. The Bertz CT molecular complexity index is 368. The van der Waals surface area contributed by atoms with Crippen molar-refractivity contribution in [2.75, 3.05) is 41.4 Å². The number of likely N-dealkylation sites (N-methyl/N-ethyl adjacent to an activating group) is 1. The average Bonchev–Trinajstić information content (AvgIpc) is 2.74. The number of rotatable bonds is 9. The van der Waals surface area contributed by atoms with Crippen LogP contribution in [0.15, 0.2) is 6.20 Å². The molecule has 0 aliphatic carbocycles. The highest BCUT2D eigenvalue weighted by Crippen LogP contribution is 2.25. The van der Waals surface area contributed by atoms with Crippen molar-refractivity contribution in [3.8, 4) is 0 Å². The predicted octanol–water partition coefficient (Wildman–Crippen LogP) is 1.79. The number of hydrogen-bond donors (Lipinski definition) is 1. The maximum absolute atomic E-state index is 6.28. The molecule has 1 unspecified atom stereocenters. The zero-order valence-corrected chi connectivity index (χ0v) is 13.1. The molecule has 0 aromatic carbocycles. The third-order valence-electron chi connectivity index (χ3n) is 3.11. The molecule has 0 amide bonds. The molecule has 0 aliphatic heterocycles. The third-order valence-corrected chi connectivity index (χ3v) is 3.40. The van der Waals surface area contributed by atoms with Gasteiger partial charge in [0.05, 0.1) is 29.5 Å². The Hall–Kier alpha value is -0.620. The normalized spacial score (nSPS) is 13.2. The summed E-state index contributed by atoms with van der Waals surface area (Å²) in [4.78, 5) is 2.14. The molecule has 0 aliphatic rings. The molecule has 6 heteroatoms. The number of nitrogens with zero attached hydrogens (tertiary/aromatic N) is 3. The summed E-state index contributed by atoms with van der Waals surface area (Å²) < 4.78 is 7.10. The Morgan fingerprint density at radius 3 is 2.84 bits per heavy atom. The highest BCUT2D eigenvalue weighted by Gasteiger charge is 2.18. The van der Waals surface area contributed by atoms with Gasteiger partial charge in [0, 0.05) is 20.3 Å². The smallest absolute Gasteiger partial charge is 0.0834 e. The molecule has 0 saturated carbocycles. The Labute approximate surface area is 120 Å². The molecule has 0 bridgehead atoms. The van der Waals surface area contributed by atoms with E-state index in [1.165, 1.54) is 0 Å². The first kappa shape index (κ1) is 16.4. The molecule has 5 nitrogen and oxygen atoms in total. The van der Waals surface area contributed by atoms with E-state index in [4.69, 9.17) is 16.3 Å². The van der Waals surface area contributed by atoms with Gasteiger partial charge in [-0.05, 0) is 34.0 Å². The Kier molecular flexibility index (Phi) is 7.38. The van der Waals surface area contributed by atoms with Gasteiger partial charge in [-0.25, -0.2) is 0 Å². The molecule has 110 valence electrons. The predicted molar refractivity (Wildman–Crippen MR) is 78.7 cm³/mol. The highest BCUT2D eigenvalue weighted by molar-refractivity contribution is 6.31. The van der Waals surface area contributed by atoms with Crippen LogP contribution in [0.3, 0.4) is 0 Å². The van der Waals surface area contributed by atoms with E-state index in [0.29, 0.717) is 0 Å². The summed E-state index contributed by atoms with van der Waals surface area (Å²) in [6.07, 6.45) is 3.71. The second-order valence-electron chi connectivity index (χ2n) is 4.88. The van der Waals surface area contributed by atoms with E-state index in [0.717, 1.165) is 43.3 Å². The van der Waals surface area contributed by atoms with E-state index < -0.39 is 0 Å². The number of halogens is 1. The molecule has 1 rings (SSSR count). The lowest BCUT2D eigenvalue weighted by atomic mass is 10.1. The SMILES string of the molecule is CNC(CCCOC)c1c(Cl)cnn1CCN(C)C. The highest BCUT2D eigenvalue weighted by atomic mass is 35.5. The van der Waals surface area contributed by atoms with Crippen LogP contribution in [-0.4, -0.2) is 56.1 Å². The monoisotopic (exact) mass is 288 g/mol. The van der Waals surface area contributed by atoms with Crippen molar-refractivity contribution in [3.05, 3.63) is 16.9 Å². The van der Waals surface area contributed by atoms with Gasteiger partial charge in [0.2, 0.25) is 0 Å². The van der Waals surface area contributed by atoms with Gasteiger partial charge in [0.1, 0.15) is 0 Å². The summed E-state index contributed by atoms with van der Waals surface area (Å²) in [6, 6.07) is 0.215. The fourth-order valence-electron chi connectivity index (χ4n) is 2.04. The van der Waals surface area contributed by atoms with Crippen LogP contribution in [0.1, 0.15) is 24.6 Å². The third kappa shape index (κ3) is 5.10. The molecule has 19 heavy (non-hydrogen) atoms. The van der Waals surface area contributed by atoms with Crippen LogP contribution >= 0.6 is 11.6 Å². The van der Waals surface area contributed by atoms with Crippen LogP contribution in [0.2, 0.25) is 5.02 Å². The summed E-state index contributed by atoms with van der Waals surface area (Å²) in [6.45, 7) is 2.55. The van der Waals surface area contributed by atoms with Gasteiger partial charge in [-0.2, -0.15) is 5.10 Å². The lowest BCUT2D eigenvalue weighted by molar-refractivity contribution is 0.188. The van der Waals surface area contributed by atoms with Crippen molar-refractivity contribution in [3.63, 3.8) is 0 Å². The van der Waals surface area contributed by atoms with Crippen LogP contribution in [0.5, 0.6) is 0 Å². The van der Waals surface area contributed by atoms with Gasteiger partial charge in [-0.3, -0.25) is 4.68 Å². The molecular weight excluding hydrogens is 264 g/mol. The quantitative estimate of drug-likeness (QED) is 0.704. The summed E-state index contributed by atoms with van der Waals surface area (Å²) in [7, 11) is 7.79. The average molecular weight is 289 g/mol. The minimum absolute atomic E-state index is 0.215. The number of ether oxygens (including phenoxy) is 1. The van der Waals surface area contributed by atoms with Crippen molar-refractivity contribution >= 4 is 11.6 Å². The minimum Gasteiger partial charge on any atom is -0.385 e. The molecule has 0 fully saturated rings. The molecule has 1 atom stereocenters. The van der Waals surface area contributed by atoms with Crippen LogP contribution < -0.4 is 5.32 Å². The van der Waals surface area contributed by atoms with Crippen molar-refractivity contribution in [2.45, 2.75) is 25.4 Å². The zero-order valence-electron chi connectivity index (χ0n) is 12.3. The lowest BCUT2D eigenvalue weighted by Crippen LogP contribution is -2.25. The molecule has 0 saturated heterocycles. The second kappa shape index (κ2) is 8.53. The van der Waals surface area contributed by atoms with E-state index in [1.54, 1.807) is 13.3 Å². The summed E-state index contributed by atoms with van der Waals surface area (Å²) in [5.74, 6) is 0. The largest absolute Gasteiger partial charge is 0.385 e. The zero-order chi connectivity index (χ0) is 14.3. The molecule has 1 aromatic rings. The molecular formula is C13H25ClN4O. The van der Waals surface area contributed by atoms with Gasteiger partial charge in [-0.15, -0.1) is 0 Å². The summed E-state index contributed by atoms with van der Waals surface area (Å²) >= 11 is 6.28. The summed E-state index contributed by atoms with van der Waals surface area (Å²) in [5, 5.41) is 8.42. The van der Waals surface area contributed by atoms with Gasteiger partial charge < -0.3 is 15.0 Å². The molecule has 1 aromatic heterocycles. The Morgan fingerprint density at radius 1 is 1.53 bits per heavy atom. The number of methoxy groups -OCH3 is 1. The van der Waals surface area contributed by atoms with Crippen molar-refractivity contribution < 1.29 is 4.74 Å². The van der Waals surface area contributed by atoms with Crippen molar-refractivity contribution in [1.29, 1.82) is 0 Å². The first-order valence-electron chi connectivity index (χ1n) is 6.62. The topological polar surface area (TPSA) is 42.3 Å². The fraction of sp³-hybridized carbons (Fsp3) is 0.769. The van der Waals surface area contributed by atoms with Crippen LogP contribution in [0.4, 0.5) is 0 Å². The first-order chi connectivity index (χ1) is 9.10. The standard InChI is InChI=1S/C13H25ClN4O/c1-15-12(6-5-9-19-4)13-11(14)10-16-18(13)8-7-17(2)3/h10,12,15H,5-9H2,1-4H3. The van der Waals surface area contributed by atoms with Crippen molar-refractivity contribution in [1.82, 2.24) is 20.0 Å². The van der Waals surface area contributed by atoms with Crippen LogP contribution in [-0.2, 0) is 11.3 Å². The molecule has 0 radical (unpaired) electrons. The van der Waals surface area contributed by atoms with Gasteiger partial charge in [-0.1, -0.05) is 11.6 Å². The van der Waals surface area contributed by atoms with Gasteiger partial charge >= 0.3 is 0 Å². The van der Waals surface area contributed by atoms with E-state index >= 15 is 0 Å². The van der Waals surface area contributed by atoms with E-state index in [1.807, 2.05) is 11.7 Å². The van der Waals surface area contributed by atoms with Gasteiger partial charge in [0.15, 0.2) is 0 Å². The Balaban J connectivity index is 2.74. The van der Waals surface area contributed by atoms with E-state index in [-0.39, 0.29) is 6.04 Å². The van der Waals surface area contributed by atoms with Crippen LogP contribution in [0, 0.1) is 0 Å². The number of hydrogen-bond acceptors (Lipinski definition) is 4. The molecule has 1 N–H and O–H groups in total. The van der Waals surface area contributed by atoms with E-state index in [2.05, 4.69) is 29.4 Å². The molecule has 1 heterocycles. The van der Waals surface area contributed by atoms with Crippen LogP contribution in [0.25, 0.3) is 0 Å². The lowest BCUT2D eigenvalue weighted by Gasteiger charge is -2.19. The number of aromatic nitrogens is 2. The second-order valence-corrected chi connectivity index (χ2v) is 5.29. The maximum atomic E-state index is 6.28. The van der Waals surface area contributed by atoms with E-state index in [9.17, 15) is 0 Å².